The lowest BCUT2D eigenvalue weighted by Crippen LogP contribution is -2.57. The first-order valence-corrected chi connectivity index (χ1v) is 9.26. The number of hydrogen-bond acceptors (Lipinski definition) is 5. The number of allylic oxidation sites excluding steroid dienone is 2. The van der Waals surface area contributed by atoms with Crippen molar-refractivity contribution in [1.29, 1.82) is 0 Å². The maximum atomic E-state index is 11.8. The van der Waals surface area contributed by atoms with Gasteiger partial charge in [-0.15, -0.1) is 0 Å². The standard InChI is InChI=1S/C20H30O5/c1-12-4-7-16-19(2,9-8-17(23)20(16,3)11-21)14(12)6-5-13-15(22)10-25-18(13)24/h5,14-17,21-23H,1,4,6-11H2,2-3H3/t14-,15-,16?,17-,19+,20+/m1/s1. The molecule has 0 bridgehead atoms. The topological polar surface area (TPSA) is 87.0 Å². The smallest absolute Gasteiger partial charge is 0.336 e. The lowest BCUT2D eigenvalue weighted by Gasteiger charge is -2.59. The molecule has 140 valence electrons. The number of esters is 1. The predicted molar refractivity (Wildman–Crippen MR) is 93.6 cm³/mol. The van der Waals surface area contributed by atoms with Crippen LogP contribution in [0.3, 0.4) is 0 Å². The highest BCUT2D eigenvalue weighted by Crippen LogP contribution is 2.61. The molecular weight excluding hydrogens is 320 g/mol. The first-order valence-electron chi connectivity index (χ1n) is 9.26. The van der Waals surface area contributed by atoms with E-state index < -0.39 is 23.6 Å². The van der Waals surface area contributed by atoms with Gasteiger partial charge in [0, 0.05) is 5.41 Å². The van der Waals surface area contributed by atoms with Crippen LogP contribution in [0.1, 0.15) is 46.0 Å². The first-order chi connectivity index (χ1) is 11.7. The Kier molecular flexibility index (Phi) is 4.86. The van der Waals surface area contributed by atoms with E-state index in [-0.39, 0.29) is 30.5 Å². The Morgan fingerprint density at radius 3 is 2.64 bits per heavy atom. The second-order valence-electron chi connectivity index (χ2n) is 8.54. The molecule has 5 heteroatoms. The van der Waals surface area contributed by atoms with Crippen LogP contribution < -0.4 is 0 Å². The number of rotatable bonds is 3. The van der Waals surface area contributed by atoms with Gasteiger partial charge in [-0.05, 0) is 49.4 Å². The first kappa shape index (κ1) is 18.6. The molecule has 5 nitrogen and oxygen atoms in total. The molecular formula is C20H30O5. The Balaban J connectivity index is 1.89. The van der Waals surface area contributed by atoms with Gasteiger partial charge in [0.15, 0.2) is 0 Å². The second kappa shape index (κ2) is 6.53. The summed E-state index contributed by atoms with van der Waals surface area (Å²) in [5, 5.41) is 30.4. The summed E-state index contributed by atoms with van der Waals surface area (Å²) >= 11 is 0. The van der Waals surface area contributed by atoms with Gasteiger partial charge in [0.25, 0.3) is 0 Å². The van der Waals surface area contributed by atoms with Crippen LogP contribution in [0.25, 0.3) is 0 Å². The van der Waals surface area contributed by atoms with E-state index in [1.807, 2.05) is 13.0 Å². The van der Waals surface area contributed by atoms with Gasteiger partial charge < -0.3 is 20.1 Å². The van der Waals surface area contributed by atoms with E-state index in [0.29, 0.717) is 18.4 Å². The number of hydrogen-bond donors (Lipinski definition) is 3. The quantitative estimate of drug-likeness (QED) is 0.411. The van der Waals surface area contributed by atoms with Gasteiger partial charge >= 0.3 is 5.97 Å². The zero-order valence-electron chi connectivity index (χ0n) is 15.2. The third kappa shape index (κ3) is 2.86. The molecule has 3 aliphatic rings. The van der Waals surface area contributed by atoms with Crippen molar-refractivity contribution >= 4 is 5.97 Å². The predicted octanol–water partition coefficient (Wildman–Crippen LogP) is 1.96. The van der Waals surface area contributed by atoms with Crippen molar-refractivity contribution in [2.75, 3.05) is 13.2 Å². The molecule has 0 amide bonds. The van der Waals surface area contributed by atoms with Gasteiger partial charge in [-0.1, -0.05) is 32.1 Å². The number of cyclic esters (lactones) is 1. The zero-order chi connectivity index (χ0) is 18.4. The van der Waals surface area contributed by atoms with Crippen LogP contribution >= 0.6 is 0 Å². The zero-order valence-corrected chi connectivity index (χ0v) is 15.2. The molecule has 1 saturated heterocycles. The summed E-state index contributed by atoms with van der Waals surface area (Å²) in [4.78, 5) is 11.8. The van der Waals surface area contributed by atoms with Crippen molar-refractivity contribution in [2.24, 2.45) is 22.7 Å². The minimum atomic E-state index is -0.844. The molecule has 6 atom stereocenters. The van der Waals surface area contributed by atoms with Gasteiger partial charge in [0.1, 0.15) is 12.7 Å². The summed E-state index contributed by atoms with van der Waals surface area (Å²) in [6, 6.07) is 0. The summed E-state index contributed by atoms with van der Waals surface area (Å²) in [7, 11) is 0. The molecule has 1 heterocycles. The number of ether oxygens (including phenoxy) is 1. The molecule has 3 N–H and O–H groups in total. The van der Waals surface area contributed by atoms with E-state index >= 15 is 0 Å². The third-order valence-electron chi connectivity index (χ3n) is 7.23. The van der Waals surface area contributed by atoms with E-state index in [2.05, 4.69) is 13.5 Å². The number of carbonyl (C=O) groups excluding carboxylic acids is 1. The summed E-state index contributed by atoms with van der Waals surface area (Å²) in [5.74, 6) is -0.0734. The fraction of sp³-hybridized carbons (Fsp3) is 0.750. The summed E-state index contributed by atoms with van der Waals surface area (Å²) in [5.41, 5.74) is 0.911. The van der Waals surface area contributed by atoms with Gasteiger partial charge in [-0.3, -0.25) is 0 Å². The highest BCUT2D eigenvalue weighted by molar-refractivity contribution is 5.91. The van der Waals surface area contributed by atoms with Crippen molar-refractivity contribution in [2.45, 2.75) is 58.2 Å². The second-order valence-corrected chi connectivity index (χ2v) is 8.54. The van der Waals surface area contributed by atoms with Crippen molar-refractivity contribution in [1.82, 2.24) is 0 Å². The van der Waals surface area contributed by atoms with Gasteiger partial charge in [0.05, 0.1) is 18.3 Å². The molecule has 0 spiro atoms. The maximum absolute atomic E-state index is 11.8. The van der Waals surface area contributed by atoms with Crippen molar-refractivity contribution in [3.8, 4) is 0 Å². The molecule has 3 fully saturated rings. The minimum Gasteiger partial charge on any atom is -0.459 e. The highest BCUT2D eigenvalue weighted by atomic mass is 16.6. The van der Waals surface area contributed by atoms with Crippen LogP contribution in [0.4, 0.5) is 0 Å². The van der Waals surface area contributed by atoms with Gasteiger partial charge in [0.2, 0.25) is 0 Å². The summed E-state index contributed by atoms with van der Waals surface area (Å²) in [6.45, 7) is 8.50. The fourth-order valence-electron chi connectivity index (χ4n) is 5.56. The van der Waals surface area contributed by atoms with Gasteiger partial charge in [-0.2, -0.15) is 0 Å². The van der Waals surface area contributed by atoms with E-state index in [1.165, 1.54) is 0 Å². The summed E-state index contributed by atoms with van der Waals surface area (Å²) in [6.07, 6.45) is 4.42. The summed E-state index contributed by atoms with van der Waals surface area (Å²) < 4.78 is 4.90. The van der Waals surface area contributed by atoms with E-state index in [9.17, 15) is 20.1 Å². The highest BCUT2D eigenvalue weighted by Gasteiger charge is 2.57. The average Bonchev–Trinajstić information content (AvgIpc) is 2.89. The van der Waals surface area contributed by atoms with E-state index in [0.717, 1.165) is 24.8 Å². The van der Waals surface area contributed by atoms with Crippen molar-refractivity contribution in [3.63, 3.8) is 0 Å². The van der Waals surface area contributed by atoms with Crippen molar-refractivity contribution in [3.05, 3.63) is 23.8 Å². The molecule has 1 aliphatic heterocycles. The molecule has 0 aromatic rings. The normalized spacial score (nSPS) is 46.2. The molecule has 3 rings (SSSR count). The van der Waals surface area contributed by atoms with Crippen LogP contribution in [0.5, 0.6) is 0 Å². The Morgan fingerprint density at radius 1 is 1.32 bits per heavy atom. The molecule has 2 saturated carbocycles. The van der Waals surface area contributed by atoms with Crippen LogP contribution in [-0.2, 0) is 9.53 Å². The number of carbonyl (C=O) groups is 1. The van der Waals surface area contributed by atoms with Crippen molar-refractivity contribution < 1.29 is 24.9 Å². The number of fused-ring (bicyclic) bond motifs is 1. The third-order valence-corrected chi connectivity index (χ3v) is 7.23. The van der Waals surface area contributed by atoms with Crippen LogP contribution in [0, 0.1) is 22.7 Å². The Labute approximate surface area is 149 Å². The molecule has 0 aromatic heterocycles. The van der Waals surface area contributed by atoms with Gasteiger partial charge in [-0.25, -0.2) is 4.79 Å². The van der Waals surface area contributed by atoms with Crippen LogP contribution in [0.15, 0.2) is 23.8 Å². The largest absolute Gasteiger partial charge is 0.459 e. The lowest BCUT2D eigenvalue weighted by molar-refractivity contribution is -0.151. The van der Waals surface area contributed by atoms with E-state index in [1.54, 1.807) is 0 Å². The molecule has 2 aliphatic carbocycles. The Morgan fingerprint density at radius 2 is 2.04 bits per heavy atom. The van der Waals surface area contributed by atoms with E-state index in [4.69, 9.17) is 4.74 Å². The number of aliphatic hydroxyl groups is 3. The molecule has 0 aromatic carbocycles. The lowest BCUT2D eigenvalue weighted by atomic mass is 9.46. The minimum absolute atomic E-state index is 0.0280. The Hall–Kier alpha value is -1.17. The maximum Gasteiger partial charge on any atom is 0.336 e. The monoisotopic (exact) mass is 350 g/mol. The number of aliphatic hydroxyl groups excluding tert-OH is 3. The molecule has 0 radical (unpaired) electrons. The average molecular weight is 350 g/mol. The Bertz CT molecular complexity index is 597. The molecule has 1 unspecified atom stereocenters. The SMILES string of the molecule is C=C1CCC2[C@](C)(CO)[C@H](O)CC[C@@]2(C)[C@@H]1CC=C1C(=O)OC[C@H]1O. The fourth-order valence-corrected chi connectivity index (χ4v) is 5.56. The van der Waals surface area contributed by atoms with Crippen LogP contribution in [0.2, 0.25) is 0 Å². The van der Waals surface area contributed by atoms with Crippen LogP contribution in [-0.4, -0.2) is 46.7 Å². The molecule has 25 heavy (non-hydrogen) atoms.